The molecule has 0 aromatic rings. The Kier molecular flexibility index (Phi) is 2.90. The van der Waals surface area contributed by atoms with Gasteiger partial charge in [0.25, 0.3) is 0 Å². The van der Waals surface area contributed by atoms with Gasteiger partial charge in [0.2, 0.25) is 20.4 Å². The lowest BCUT2D eigenvalue weighted by molar-refractivity contribution is 0.273. The SMILES string of the molecule is C1=COC2=C(O1)SC(C1SC3=C(OC=CO3)S1)S2. The van der Waals surface area contributed by atoms with Gasteiger partial charge in [0, 0.05) is 0 Å². The van der Waals surface area contributed by atoms with Gasteiger partial charge in [-0.25, -0.2) is 0 Å². The third kappa shape index (κ3) is 1.91. The predicted octanol–water partition coefficient (Wildman–Crippen LogP) is 3.89. The molecule has 0 radical (unpaired) electrons. The van der Waals surface area contributed by atoms with Gasteiger partial charge in [0.05, 0.1) is 9.16 Å². The molecule has 0 unspecified atom stereocenters. The molecule has 0 aromatic carbocycles. The van der Waals surface area contributed by atoms with Crippen LogP contribution in [-0.2, 0) is 18.9 Å². The number of ether oxygens (including phenoxy) is 4. The van der Waals surface area contributed by atoms with Crippen molar-refractivity contribution in [2.24, 2.45) is 0 Å². The van der Waals surface area contributed by atoms with Crippen molar-refractivity contribution in [2.75, 3.05) is 0 Å². The van der Waals surface area contributed by atoms with E-state index in [9.17, 15) is 0 Å². The van der Waals surface area contributed by atoms with Gasteiger partial charge in [0.15, 0.2) is 0 Å². The Morgan fingerprint density at radius 3 is 1.11 bits per heavy atom. The molecule has 94 valence electrons. The van der Waals surface area contributed by atoms with Crippen LogP contribution in [0.2, 0.25) is 0 Å². The van der Waals surface area contributed by atoms with Gasteiger partial charge in [0.1, 0.15) is 25.0 Å². The average Bonchev–Trinajstić information content (AvgIpc) is 3.02. The van der Waals surface area contributed by atoms with E-state index in [2.05, 4.69) is 0 Å². The van der Waals surface area contributed by atoms with Crippen LogP contribution in [0.25, 0.3) is 0 Å². The van der Waals surface area contributed by atoms with Crippen LogP contribution < -0.4 is 0 Å². The molecule has 0 amide bonds. The second kappa shape index (κ2) is 4.59. The van der Waals surface area contributed by atoms with Gasteiger partial charge in [-0.05, 0) is 0 Å². The fraction of sp³-hybridized carbons (Fsp3) is 0.200. The second-order valence-electron chi connectivity index (χ2n) is 3.37. The summed E-state index contributed by atoms with van der Waals surface area (Å²) in [5, 5.41) is 3.38. The van der Waals surface area contributed by atoms with Crippen LogP contribution in [0.5, 0.6) is 0 Å². The fourth-order valence-electron chi connectivity index (χ4n) is 1.55. The molecule has 4 aliphatic rings. The third-order valence-electron chi connectivity index (χ3n) is 2.26. The zero-order chi connectivity index (χ0) is 11.9. The molecule has 0 aliphatic carbocycles. The maximum atomic E-state index is 5.42. The lowest BCUT2D eigenvalue weighted by Gasteiger charge is -2.13. The monoisotopic (exact) mass is 318 g/mol. The normalized spacial score (nSPS) is 26.4. The average molecular weight is 318 g/mol. The maximum Gasteiger partial charge on any atom is 0.210 e. The molecule has 0 aromatic heterocycles. The molecule has 4 aliphatic heterocycles. The summed E-state index contributed by atoms with van der Waals surface area (Å²) in [6, 6.07) is 0. The summed E-state index contributed by atoms with van der Waals surface area (Å²) in [4.78, 5) is 0. The van der Waals surface area contributed by atoms with Gasteiger partial charge in [-0.2, -0.15) is 0 Å². The molecule has 0 bridgehead atoms. The highest BCUT2D eigenvalue weighted by atomic mass is 32.2. The predicted molar refractivity (Wildman–Crippen MR) is 74.6 cm³/mol. The van der Waals surface area contributed by atoms with Crippen molar-refractivity contribution < 1.29 is 18.9 Å². The Morgan fingerprint density at radius 1 is 0.556 bits per heavy atom. The van der Waals surface area contributed by atoms with E-state index in [1.54, 1.807) is 72.1 Å². The molecule has 0 N–H and O–H groups in total. The van der Waals surface area contributed by atoms with E-state index in [4.69, 9.17) is 18.9 Å². The van der Waals surface area contributed by atoms with Gasteiger partial charge in [-0.3, -0.25) is 0 Å². The minimum Gasteiger partial charge on any atom is -0.450 e. The van der Waals surface area contributed by atoms with E-state index in [0.29, 0.717) is 9.16 Å². The Hall–Kier alpha value is -0.440. The third-order valence-corrected chi connectivity index (χ3v) is 8.36. The summed E-state index contributed by atoms with van der Waals surface area (Å²) in [7, 11) is 0. The number of rotatable bonds is 1. The van der Waals surface area contributed by atoms with Crippen molar-refractivity contribution in [1.29, 1.82) is 0 Å². The molecule has 8 heteroatoms. The van der Waals surface area contributed by atoms with E-state index < -0.39 is 0 Å². The van der Waals surface area contributed by atoms with Gasteiger partial charge >= 0.3 is 0 Å². The van der Waals surface area contributed by atoms with Crippen LogP contribution in [0.3, 0.4) is 0 Å². The lowest BCUT2D eigenvalue weighted by Crippen LogP contribution is -2.07. The summed E-state index contributed by atoms with van der Waals surface area (Å²) in [6.45, 7) is 0. The molecule has 0 saturated carbocycles. The molecule has 4 heterocycles. The minimum atomic E-state index is 0.322. The Bertz CT molecular complexity index is 424. The molecule has 4 nitrogen and oxygen atoms in total. The van der Waals surface area contributed by atoms with E-state index in [-0.39, 0.29) is 0 Å². The molecular weight excluding hydrogens is 312 g/mol. The van der Waals surface area contributed by atoms with Crippen molar-refractivity contribution in [3.63, 3.8) is 0 Å². The fourth-order valence-corrected chi connectivity index (χ4v) is 7.20. The lowest BCUT2D eigenvalue weighted by atomic mass is 10.9. The van der Waals surface area contributed by atoms with E-state index >= 15 is 0 Å². The van der Waals surface area contributed by atoms with Crippen molar-refractivity contribution in [3.05, 3.63) is 45.4 Å². The zero-order valence-electron chi connectivity index (χ0n) is 8.73. The van der Waals surface area contributed by atoms with Crippen LogP contribution in [-0.4, -0.2) is 9.16 Å². The van der Waals surface area contributed by atoms with Crippen molar-refractivity contribution >= 4 is 47.0 Å². The first-order chi connectivity index (χ1) is 8.90. The molecule has 0 saturated heterocycles. The maximum absolute atomic E-state index is 5.42. The highest BCUT2D eigenvalue weighted by Crippen LogP contribution is 2.59. The number of hydrogen-bond acceptors (Lipinski definition) is 8. The first kappa shape index (κ1) is 11.4. The quantitative estimate of drug-likeness (QED) is 0.721. The summed E-state index contributed by atoms with van der Waals surface area (Å²) in [5.74, 6) is 0. The Labute approximate surface area is 120 Å². The van der Waals surface area contributed by atoms with Gasteiger partial charge < -0.3 is 18.9 Å². The smallest absolute Gasteiger partial charge is 0.210 e. The van der Waals surface area contributed by atoms with Crippen LogP contribution in [0, 0.1) is 0 Å². The van der Waals surface area contributed by atoms with Gasteiger partial charge in [-0.1, -0.05) is 47.0 Å². The molecule has 0 atom stereocenters. The van der Waals surface area contributed by atoms with Crippen molar-refractivity contribution in [3.8, 4) is 0 Å². The van der Waals surface area contributed by atoms with Crippen molar-refractivity contribution in [2.45, 2.75) is 9.16 Å². The highest BCUT2D eigenvalue weighted by Gasteiger charge is 2.42. The van der Waals surface area contributed by atoms with Crippen LogP contribution >= 0.6 is 47.0 Å². The first-order valence-corrected chi connectivity index (χ1v) is 8.54. The molecular formula is C10H6O4S4. The molecule has 0 spiro atoms. The molecule has 4 rings (SSSR count). The zero-order valence-corrected chi connectivity index (χ0v) is 12.0. The van der Waals surface area contributed by atoms with Crippen LogP contribution in [0.15, 0.2) is 45.4 Å². The topological polar surface area (TPSA) is 36.9 Å². The van der Waals surface area contributed by atoms with Crippen molar-refractivity contribution in [1.82, 2.24) is 0 Å². The minimum absolute atomic E-state index is 0.322. The van der Waals surface area contributed by atoms with Gasteiger partial charge in [-0.15, -0.1) is 0 Å². The van der Waals surface area contributed by atoms with E-state index in [1.165, 1.54) is 0 Å². The number of thioether (sulfide) groups is 4. The first-order valence-electron chi connectivity index (χ1n) is 5.02. The molecule has 0 fully saturated rings. The molecule has 18 heavy (non-hydrogen) atoms. The van der Waals surface area contributed by atoms with E-state index in [0.717, 1.165) is 20.4 Å². The Balaban J connectivity index is 1.43. The summed E-state index contributed by atoms with van der Waals surface area (Å²) >= 11 is 6.73. The Morgan fingerprint density at radius 2 is 0.833 bits per heavy atom. The standard InChI is InChI=1S/C10H6O4S4/c1-2-12-6-5(11-1)15-9(16-6)10-17-7-8(18-10)14-4-3-13-7/h1-4,9-10H. The second-order valence-corrected chi connectivity index (χ2v) is 8.43. The van der Waals surface area contributed by atoms with Crippen LogP contribution in [0.4, 0.5) is 0 Å². The van der Waals surface area contributed by atoms with E-state index in [1.807, 2.05) is 0 Å². The van der Waals surface area contributed by atoms with Crippen LogP contribution in [0.1, 0.15) is 0 Å². The summed E-state index contributed by atoms with van der Waals surface area (Å²) in [5.41, 5.74) is 0. The largest absolute Gasteiger partial charge is 0.450 e. The summed E-state index contributed by atoms with van der Waals surface area (Å²) in [6.07, 6.45) is 6.23. The highest BCUT2D eigenvalue weighted by molar-refractivity contribution is 8.29. The number of hydrogen-bond donors (Lipinski definition) is 0. The summed E-state index contributed by atoms with van der Waals surface area (Å²) < 4.78 is 22.3.